The lowest BCUT2D eigenvalue weighted by atomic mass is 9.87. The Bertz CT molecular complexity index is 560. The Morgan fingerprint density at radius 1 is 1.43 bits per heavy atom. The smallest absolute Gasteiger partial charge is 0.248 e. The van der Waals surface area contributed by atoms with Gasteiger partial charge in [0.1, 0.15) is 5.54 Å². The highest BCUT2D eigenvalue weighted by Gasteiger charge is 2.41. The average Bonchev–Trinajstić information content (AvgIpc) is 3.21. The molecule has 1 amide bonds. The topological polar surface area (TPSA) is 71.8 Å². The van der Waals surface area contributed by atoms with Crippen LogP contribution in [0.1, 0.15) is 17.8 Å². The predicted molar refractivity (Wildman–Crippen MR) is 81.1 cm³/mol. The molecule has 2 aromatic heterocycles. The normalized spacial score (nSPS) is 17.5. The number of aromatic nitrogens is 3. The summed E-state index contributed by atoms with van der Waals surface area (Å²) in [6.07, 6.45) is 7.70. The van der Waals surface area contributed by atoms with E-state index in [1.807, 2.05) is 22.3 Å². The van der Waals surface area contributed by atoms with Gasteiger partial charge in [0.25, 0.3) is 0 Å². The van der Waals surface area contributed by atoms with Crippen LogP contribution in [0.5, 0.6) is 0 Å². The van der Waals surface area contributed by atoms with E-state index in [0.717, 1.165) is 37.4 Å². The highest BCUT2D eigenvalue weighted by molar-refractivity contribution is 7.09. The molecule has 1 aliphatic rings. The fraction of sp³-hybridized carbons (Fsp3) is 0.500. The minimum absolute atomic E-state index is 0.0595. The quantitative estimate of drug-likeness (QED) is 0.856. The molecule has 7 heteroatoms. The molecule has 1 aliphatic heterocycles. The summed E-state index contributed by atoms with van der Waals surface area (Å²) in [4.78, 5) is 17.0. The van der Waals surface area contributed by atoms with Crippen molar-refractivity contribution in [3.8, 4) is 0 Å². The van der Waals surface area contributed by atoms with Gasteiger partial charge in [-0.05, 0) is 32.0 Å². The van der Waals surface area contributed by atoms with Gasteiger partial charge in [-0.15, -0.1) is 11.3 Å². The van der Waals surface area contributed by atoms with E-state index in [1.54, 1.807) is 23.7 Å². The summed E-state index contributed by atoms with van der Waals surface area (Å²) >= 11 is 1.62. The molecule has 1 saturated heterocycles. The standard InChI is InChI=1S/C14H19N5OS/c20-13(17-6-2-12-16-9-11-21-12)14(3-7-15-8-4-14)19-10-1-5-18-19/h1,5,9-11,15H,2-4,6-8H2,(H,17,20). The SMILES string of the molecule is O=C(NCCc1nccs1)C1(n2cccn2)CCNCC1. The Hall–Kier alpha value is -1.73. The molecule has 0 radical (unpaired) electrons. The number of thiazole rings is 1. The number of hydrogen-bond acceptors (Lipinski definition) is 5. The van der Waals surface area contributed by atoms with Crippen molar-refractivity contribution in [3.63, 3.8) is 0 Å². The molecular formula is C14H19N5OS. The van der Waals surface area contributed by atoms with Crippen molar-refractivity contribution in [2.45, 2.75) is 24.8 Å². The molecule has 0 saturated carbocycles. The molecule has 0 unspecified atom stereocenters. The lowest BCUT2D eigenvalue weighted by molar-refractivity contribution is -0.131. The second-order valence-corrected chi connectivity index (χ2v) is 6.14. The molecule has 0 bridgehead atoms. The number of hydrogen-bond donors (Lipinski definition) is 2. The van der Waals surface area contributed by atoms with Crippen LogP contribution in [0.2, 0.25) is 0 Å². The molecule has 3 heterocycles. The van der Waals surface area contributed by atoms with Crippen molar-refractivity contribution in [2.24, 2.45) is 0 Å². The van der Waals surface area contributed by atoms with Crippen LogP contribution in [-0.4, -0.2) is 40.3 Å². The number of nitrogens with one attached hydrogen (secondary N) is 2. The Morgan fingerprint density at radius 3 is 2.95 bits per heavy atom. The van der Waals surface area contributed by atoms with E-state index in [9.17, 15) is 4.79 Å². The van der Waals surface area contributed by atoms with Gasteiger partial charge < -0.3 is 10.6 Å². The Balaban J connectivity index is 1.66. The van der Waals surface area contributed by atoms with Gasteiger partial charge in [-0.25, -0.2) is 4.98 Å². The van der Waals surface area contributed by atoms with E-state index in [0.29, 0.717) is 6.54 Å². The highest BCUT2D eigenvalue weighted by Crippen LogP contribution is 2.27. The summed E-state index contributed by atoms with van der Waals surface area (Å²) in [6, 6.07) is 1.87. The second-order valence-electron chi connectivity index (χ2n) is 5.16. The lowest BCUT2D eigenvalue weighted by Gasteiger charge is -2.36. The molecule has 21 heavy (non-hydrogen) atoms. The van der Waals surface area contributed by atoms with Crippen molar-refractivity contribution in [1.82, 2.24) is 25.4 Å². The first-order valence-corrected chi connectivity index (χ1v) is 8.07. The van der Waals surface area contributed by atoms with Gasteiger partial charge in [0.15, 0.2) is 0 Å². The second kappa shape index (κ2) is 6.36. The Labute approximate surface area is 127 Å². The maximum Gasteiger partial charge on any atom is 0.248 e. The first-order chi connectivity index (χ1) is 10.3. The van der Waals surface area contributed by atoms with Crippen LogP contribution in [0.15, 0.2) is 30.0 Å². The van der Waals surface area contributed by atoms with Crippen LogP contribution in [0, 0.1) is 0 Å². The van der Waals surface area contributed by atoms with Gasteiger partial charge >= 0.3 is 0 Å². The molecular weight excluding hydrogens is 286 g/mol. The number of nitrogens with zero attached hydrogens (tertiary/aromatic N) is 3. The van der Waals surface area contributed by atoms with Crippen LogP contribution >= 0.6 is 11.3 Å². The summed E-state index contributed by atoms with van der Waals surface area (Å²) in [5.74, 6) is 0.0595. The predicted octanol–water partition coefficient (Wildman–Crippen LogP) is 0.777. The Kier molecular flexibility index (Phi) is 4.31. The van der Waals surface area contributed by atoms with Crippen molar-refractivity contribution < 1.29 is 4.79 Å². The number of carbonyl (C=O) groups excluding carboxylic acids is 1. The maximum absolute atomic E-state index is 12.7. The van der Waals surface area contributed by atoms with Gasteiger partial charge in [0.2, 0.25) is 5.91 Å². The van der Waals surface area contributed by atoms with E-state index in [-0.39, 0.29) is 5.91 Å². The van der Waals surface area contributed by atoms with Gasteiger partial charge in [-0.3, -0.25) is 9.48 Å². The van der Waals surface area contributed by atoms with Crippen LogP contribution in [-0.2, 0) is 16.8 Å². The van der Waals surface area contributed by atoms with Gasteiger partial charge in [-0.1, -0.05) is 0 Å². The fourth-order valence-electron chi connectivity index (χ4n) is 2.75. The summed E-state index contributed by atoms with van der Waals surface area (Å²) < 4.78 is 1.81. The van der Waals surface area contributed by atoms with Gasteiger partial charge in [-0.2, -0.15) is 5.10 Å². The molecule has 2 aromatic rings. The summed E-state index contributed by atoms with van der Waals surface area (Å²) in [7, 11) is 0. The van der Waals surface area contributed by atoms with Crippen molar-refractivity contribution in [1.29, 1.82) is 0 Å². The molecule has 6 nitrogen and oxygen atoms in total. The van der Waals surface area contributed by atoms with E-state index in [2.05, 4.69) is 20.7 Å². The first kappa shape index (κ1) is 14.2. The zero-order valence-corrected chi connectivity index (χ0v) is 12.6. The van der Waals surface area contributed by atoms with E-state index in [1.165, 1.54) is 0 Å². The number of rotatable bonds is 5. The lowest BCUT2D eigenvalue weighted by Crippen LogP contribution is -2.54. The third-order valence-electron chi connectivity index (χ3n) is 3.90. The molecule has 1 fully saturated rings. The highest BCUT2D eigenvalue weighted by atomic mass is 32.1. The minimum atomic E-state index is -0.558. The third-order valence-corrected chi connectivity index (χ3v) is 4.74. The first-order valence-electron chi connectivity index (χ1n) is 7.19. The van der Waals surface area contributed by atoms with Crippen molar-refractivity contribution >= 4 is 17.2 Å². The number of piperidine rings is 1. The van der Waals surface area contributed by atoms with Gasteiger partial charge in [0, 0.05) is 36.9 Å². The largest absolute Gasteiger partial charge is 0.354 e. The summed E-state index contributed by atoms with van der Waals surface area (Å²) in [6.45, 7) is 2.28. The van der Waals surface area contributed by atoms with E-state index < -0.39 is 5.54 Å². The van der Waals surface area contributed by atoms with E-state index in [4.69, 9.17) is 0 Å². The molecule has 2 N–H and O–H groups in total. The van der Waals surface area contributed by atoms with E-state index >= 15 is 0 Å². The summed E-state index contributed by atoms with van der Waals surface area (Å²) in [5.41, 5.74) is -0.558. The van der Waals surface area contributed by atoms with Crippen LogP contribution in [0.25, 0.3) is 0 Å². The van der Waals surface area contributed by atoms with Gasteiger partial charge in [0.05, 0.1) is 5.01 Å². The van der Waals surface area contributed by atoms with Crippen LogP contribution in [0.4, 0.5) is 0 Å². The molecule has 0 atom stereocenters. The van der Waals surface area contributed by atoms with Crippen LogP contribution in [0.3, 0.4) is 0 Å². The monoisotopic (exact) mass is 305 g/mol. The molecule has 0 aromatic carbocycles. The molecule has 3 rings (SSSR count). The van der Waals surface area contributed by atoms with Crippen LogP contribution < -0.4 is 10.6 Å². The number of amides is 1. The third kappa shape index (κ3) is 2.98. The average molecular weight is 305 g/mol. The van der Waals surface area contributed by atoms with Crippen molar-refractivity contribution in [2.75, 3.05) is 19.6 Å². The zero-order chi connectivity index (χ0) is 14.5. The maximum atomic E-state index is 12.7. The Morgan fingerprint density at radius 2 is 2.29 bits per heavy atom. The minimum Gasteiger partial charge on any atom is -0.354 e. The summed E-state index contributed by atoms with van der Waals surface area (Å²) in [5, 5.41) is 13.7. The fourth-order valence-corrected chi connectivity index (χ4v) is 3.37. The molecule has 112 valence electrons. The zero-order valence-electron chi connectivity index (χ0n) is 11.8. The molecule has 0 spiro atoms. The molecule has 0 aliphatic carbocycles. The number of carbonyl (C=O) groups is 1. The van der Waals surface area contributed by atoms with Crippen molar-refractivity contribution in [3.05, 3.63) is 35.0 Å².